The molecule has 96 valence electrons. The van der Waals surface area contributed by atoms with Crippen LogP contribution in [0.4, 0.5) is 5.13 Å². The molecule has 19 heavy (non-hydrogen) atoms. The van der Waals surface area contributed by atoms with Crippen LogP contribution in [0.3, 0.4) is 0 Å². The average molecular weight is 268 g/mol. The lowest BCUT2D eigenvalue weighted by Crippen LogP contribution is -1.89. The summed E-state index contributed by atoms with van der Waals surface area (Å²) in [5, 5.41) is 3.12. The highest BCUT2D eigenvalue weighted by Crippen LogP contribution is 2.37. The highest BCUT2D eigenvalue weighted by atomic mass is 32.1. The molecule has 0 saturated heterocycles. The van der Waals surface area contributed by atoms with Crippen LogP contribution in [0.25, 0.3) is 22.0 Å². The molecular formula is C16H16N2S. The number of benzene rings is 2. The minimum atomic E-state index is 0.434. The Balaban J connectivity index is 2.30. The molecule has 0 radical (unpaired) electrons. The maximum atomic E-state index is 5.91. The Morgan fingerprint density at radius 3 is 2.58 bits per heavy atom. The number of anilines is 1. The van der Waals surface area contributed by atoms with E-state index in [1.165, 1.54) is 21.2 Å². The third-order valence-electron chi connectivity index (χ3n) is 3.24. The first-order chi connectivity index (χ1) is 9.16. The van der Waals surface area contributed by atoms with Gasteiger partial charge in [0, 0.05) is 10.4 Å². The molecule has 2 N–H and O–H groups in total. The number of nitrogens with two attached hydrogens (primary N) is 1. The van der Waals surface area contributed by atoms with Gasteiger partial charge in [-0.1, -0.05) is 56.3 Å². The summed E-state index contributed by atoms with van der Waals surface area (Å²) in [4.78, 5) is 5.81. The number of thiazole rings is 1. The molecule has 0 saturated carbocycles. The SMILES string of the molecule is CC(C)c1sc(N)nc1-c1cccc2ccccc12. The summed E-state index contributed by atoms with van der Waals surface area (Å²) < 4.78 is 0. The van der Waals surface area contributed by atoms with E-state index in [0.717, 1.165) is 5.69 Å². The first kappa shape index (κ1) is 12.2. The predicted octanol–water partition coefficient (Wildman–Crippen LogP) is 4.67. The zero-order valence-corrected chi connectivity index (χ0v) is 11.9. The van der Waals surface area contributed by atoms with Gasteiger partial charge < -0.3 is 5.73 Å². The summed E-state index contributed by atoms with van der Waals surface area (Å²) in [6.07, 6.45) is 0. The molecule has 2 nitrogen and oxygen atoms in total. The first-order valence-corrected chi connectivity index (χ1v) is 7.23. The van der Waals surface area contributed by atoms with Gasteiger partial charge in [0.2, 0.25) is 0 Å². The minimum Gasteiger partial charge on any atom is -0.375 e. The van der Waals surface area contributed by atoms with Crippen LogP contribution in [0, 0.1) is 0 Å². The van der Waals surface area contributed by atoms with E-state index in [2.05, 4.69) is 61.3 Å². The highest BCUT2D eigenvalue weighted by Gasteiger charge is 2.16. The second kappa shape index (κ2) is 4.67. The standard InChI is InChI=1S/C16H16N2S/c1-10(2)15-14(18-16(17)19-15)13-9-5-7-11-6-3-4-8-12(11)13/h3-10H,1-2H3,(H2,17,18). The van der Waals surface area contributed by atoms with Crippen molar-refractivity contribution < 1.29 is 0 Å². The second-order valence-electron chi connectivity index (χ2n) is 4.95. The smallest absolute Gasteiger partial charge is 0.180 e. The Morgan fingerprint density at radius 2 is 1.79 bits per heavy atom. The molecule has 3 aromatic rings. The molecule has 3 heteroatoms. The Morgan fingerprint density at radius 1 is 1.05 bits per heavy atom. The number of hydrogen-bond acceptors (Lipinski definition) is 3. The normalized spacial score (nSPS) is 11.3. The summed E-state index contributed by atoms with van der Waals surface area (Å²) >= 11 is 1.59. The van der Waals surface area contributed by atoms with Crippen molar-refractivity contribution in [2.75, 3.05) is 5.73 Å². The Bertz CT molecular complexity index is 723. The van der Waals surface area contributed by atoms with E-state index >= 15 is 0 Å². The van der Waals surface area contributed by atoms with E-state index in [1.54, 1.807) is 11.3 Å². The summed E-state index contributed by atoms with van der Waals surface area (Å²) in [7, 11) is 0. The summed E-state index contributed by atoms with van der Waals surface area (Å²) in [5.74, 6) is 0.434. The average Bonchev–Trinajstić information content (AvgIpc) is 2.80. The number of hydrogen-bond donors (Lipinski definition) is 1. The molecule has 0 aliphatic carbocycles. The fraction of sp³-hybridized carbons (Fsp3) is 0.188. The van der Waals surface area contributed by atoms with Crippen molar-refractivity contribution in [2.24, 2.45) is 0 Å². The number of fused-ring (bicyclic) bond motifs is 1. The van der Waals surface area contributed by atoms with Crippen LogP contribution in [0.2, 0.25) is 0 Å². The predicted molar refractivity (Wildman–Crippen MR) is 83.6 cm³/mol. The Labute approximate surface area is 116 Å². The zero-order chi connectivity index (χ0) is 13.4. The molecule has 1 aromatic heterocycles. The van der Waals surface area contributed by atoms with Gasteiger partial charge in [-0.3, -0.25) is 0 Å². The van der Waals surface area contributed by atoms with Crippen LogP contribution in [0.15, 0.2) is 42.5 Å². The van der Waals surface area contributed by atoms with E-state index < -0.39 is 0 Å². The molecule has 0 aliphatic heterocycles. The van der Waals surface area contributed by atoms with Crippen LogP contribution in [-0.2, 0) is 0 Å². The van der Waals surface area contributed by atoms with Crippen molar-refractivity contribution in [1.82, 2.24) is 4.98 Å². The first-order valence-electron chi connectivity index (χ1n) is 6.41. The molecule has 2 aromatic carbocycles. The molecule has 0 spiro atoms. The lowest BCUT2D eigenvalue weighted by molar-refractivity contribution is 0.888. The van der Waals surface area contributed by atoms with Crippen LogP contribution in [0.5, 0.6) is 0 Å². The fourth-order valence-corrected chi connectivity index (χ4v) is 3.22. The summed E-state index contributed by atoms with van der Waals surface area (Å²) in [6.45, 7) is 4.36. The van der Waals surface area contributed by atoms with E-state index in [0.29, 0.717) is 11.0 Å². The molecule has 0 bridgehead atoms. The van der Waals surface area contributed by atoms with E-state index in [1.807, 2.05) is 0 Å². The van der Waals surface area contributed by atoms with Crippen molar-refractivity contribution in [3.63, 3.8) is 0 Å². The minimum absolute atomic E-state index is 0.434. The van der Waals surface area contributed by atoms with Crippen LogP contribution in [0.1, 0.15) is 24.6 Å². The topological polar surface area (TPSA) is 38.9 Å². The van der Waals surface area contributed by atoms with Gasteiger partial charge in [0.25, 0.3) is 0 Å². The molecule has 3 rings (SSSR count). The van der Waals surface area contributed by atoms with Gasteiger partial charge in [0.05, 0.1) is 5.69 Å². The Hall–Kier alpha value is -1.87. The molecule has 1 heterocycles. The van der Waals surface area contributed by atoms with Gasteiger partial charge in [-0.25, -0.2) is 4.98 Å². The van der Waals surface area contributed by atoms with Crippen LogP contribution in [-0.4, -0.2) is 4.98 Å². The number of aromatic nitrogens is 1. The third-order valence-corrected chi connectivity index (χ3v) is 4.42. The lowest BCUT2D eigenvalue weighted by Gasteiger charge is -2.08. The number of nitrogens with zero attached hydrogens (tertiary/aromatic N) is 1. The monoisotopic (exact) mass is 268 g/mol. The van der Waals surface area contributed by atoms with Gasteiger partial charge in [-0.05, 0) is 16.7 Å². The molecule has 0 unspecified atom stereocenters. The van der Waals surface area contributed by atoms with Crippen LogP contribution >= 0.6 is 11.3 Å². The van der Waals surface area contributed by atoms with Crippen molar-refractivity contribution in [3.05, 3.63) is 47.3 Å². The van der Waals surface area contributed by atoms with E-state index in [-0.39, 0.29) is 0 Å². The molecule has 0 amide bonds. The maximum absolute atomic E-state index is 5.91. The number of rotatable bonds is 2. The Kier molecular flexibility index (Phi) is 2.99. The van der Waals surface area contributed by atoms with Gasteiger partial charge >= 0.3 is 0 Å². The van der Waals surface area contributed by atoms with Gasteiger partial charge in [0.1, 0.15) is 0 Å². The van der Waals surface area contributed by atoms with Gasteiger partial charge in [-0.2, -0.15) is 0 Å². The second-order valence-corrected chi connectivity index (χ2v) is 6.01. The molecule has 0 fully saturated rings. The molecule has 0 aliphatic rings. The fourth-order valence-electron chi connectivity index (χ4n) is 2.37. The van der Waals surface area contributed by atoms with Gasteiger partial charge in [0.15, 0.2) is 5.13 Å². The largest absolute Gasteiger partial charge is 0.375 e. The summed E-state index contributed by atoms with van der Waals surface area (Å²) in [5.41, 5.74) is 8.12. The lowest BCUT2D eigenvalue weighted by atomic mass is 9.99. The van der Waals surface area contributed by atoms with E-state index in [4.69, 9.17) is 5.73 Å². The number of nitrogen functional groups attached to an aromatic ring is 1. The summed E-state index contributed by atoms with van der Waals surface area (Å²) in [6, 6.07) is 14.7. The highest BCUT2D eigenvalue weighted by molar-refractivity contribution is 7.15. The maximum Gasteiger partial charge on any atom is 0.180 e. The molecule has 0 atom stereocenters. The van der Waals surface area contributed by atoms with E-state index in [9.17, 15) is 0 Å². The van der Waals surface area contributed by atoms with Crippen molar-refractivity contribution in [2.45, 2.75) is 19.8 Å². The van der Waals surface area contributed by atoms with Gasteiger partial charge in [-0.15, -0.1) is 11.3 Å². The zero-order valence-electron chi connectivity index (χ0n) is 11.1. The quantitative estimate of drug-likeness (QED) is 0.733. The van der Waals surface area contributed by atoms with Crippen molar-refractivity contribution >= 4 is 27.2 Å². The van der Waals surface area contributed by atoms with Crippen molar-refractivity contribution in [1.29, 1.82) is 0 Å². The third kappa shape index (κ3) is 2.10. The van der Waals surface area contributed by atoms with Crippen LogP contribution < -0.4 is 5.73 Å². The van der Waals surface area contributed by atoms with Crippen molar-refractivity contribution in [3.8, 4) is 11.3 Å². The molecular weight excluding hydrogens is 252 g/mol.